The summed E-state index contributed by atoms with van der Waals surface area (Å²) in [6.07, 6.45) is 5.09. The highest BCUT2D eigenvalue weighted by molar-refractivity contribution is 9.10. The average molecular weight is 386 g/mol. The lowest BCUT2D eigenvalue weighted by Crippen LogP contribution is -2.46. The zero-order valence-electron chi connectivity index (χ0n) is 13.9. The van der Waals surface area contributed by atoms with E-state index in [-0.39, 0.29) is 6.61 Å². The molecule has 2 nitrogen and oxygen atoms in total. The van der Waals surface area contributed by atoms with E-state index in [4.69, 9.17) is 0 Å². The predicted octanol–water partition coefficient (Wildman–Crippen LogP) is 4.32. The van der Waals surface area contributed by atoms with Crippen molar-refractivity contribution in [3.05, 3.63) is 69.2 Å². The smallest absolute Gasteiger partial charge is 0.0692 e. The van der Waals surface area contributed by atoms with Crippen LogP contribution in [0.2, 0.25) is 0 Å². The molecule has 0 spiro atoms. The molecule has 3 heteroatoms. The largest absolute Gasteiger partial charge is 0.392 e. The number of fused-ring (bicyclic) bond motifs is 2. The summed E-state index contributed by atoms with van der Waals surface area (Å²) in [4.78, 5) is 2.69. The van der Waals surface area contributed by atoms with Crippen LogP contribution in [0.1, 0.15) is 35.1 Å². The number of nitrogens with zero attached hydrogens (tertiary/aromatic N) is 1. The maximum absolute atomic E-state index is 9.34. The Hall–Kier alpha value is -1.16. The van der Waals surface area contributed by atoms with E-state index in [9.17, 15) is 5.11 Å². The molecule has 2 bridgehead atoms. The molecule has 2 heterocycles. The van der Waals surface area contributed by atoms with Gasteiger partial charge >= 0.3 is 0 Å². The highest BCUT2D eigenvalue weighted by atomic mass is 79.9. The van der Waals surface area contributed by atoms with Gasteiger partial charge in [-0.05, 0) is 59.9 Å². The molecule has 0 amide bonds. The third kappa shape index (κ3) is 3.30. The number of halogens is 1. The molecule has 126 valence electrons. The van der Waals surface area contributed by atoms with Crippen molar-refractivity contribution < 1.29 is 5.11 Å². The molecule has 0 unspecified atom stereocenters. The summed E-state index contributed by atoms with van der Waals surface area (Å²) < 4.78 is 1.02. The molecule has 2 aromatic rings. The van der Waals surface area contributed by atoms with Crippen LogP contribution in [-0.2, 0) is 26.0 Å². The topological polar surface area (TPSA) is 23.5 Å². The van der Waals surface area contributed by atoms with Gasteiger partial charge < -0.3 is 5.11 Å². The second-order valence-electron chi connectivity index (χ2n) is 7.29. The van der Waals surface area contributed by atoms with Crippen molar-refractivity contribution in [3.8, 4) is 0 Å². The highest BCUT2D eigenvalue weighted by Gasteiger charge is 2.31. The Labute approximate surface area is 152 Å². The first-order valence-corrected chi connectivity index (χ1v) is 9.71. The second-order valence-corrected chi connectivity index (χ2v) is 8.14. The molecular weight excluding hydrogens is 362 g/mol. The van der Waals surface area contributed by atoms with E-state index in [1.54, 1.807) is 11.1 Å². The Morgan fingerprint density at radius 1 is 1.04 bits per heavy atom. The fourth-order valence-electron chi connectivity index (χ4n) is 4.35. The second kappa shape index (κ2) is 6.99. The molecule has 1 fully saturated rings. The molecular formula is C21H24BrNO. The van der Waals surface area contributed by atoms with Crippen molar-refractivity contribution >= 4 is 15.9 Å². The molecule has 0 aromatic heterocycles. The van der Waals surface area contributed by atoms with Crippen molar-refractivity contribution in [2.75, 3.05) is 6.54 Å². The standard InChI is InChI=1S/C21H24BrNO/c22-21-10-16(5-7-19(21)14-24)13-23-12-15-6-8-20(23)11-18-4-2-1-3-17(18)9-15/h1-5,7,10,15,20,24H,6,8-9,11-14H2/t15-,20-/m1/s1. The minimum absolute atomic E-state index is 0.0893. The SMILES string of the molecule is OCc1ccc(CN2C[C@@H]3CC[C@@H]2Cc2ccccc2C3)cc1Br. The summed E-state index contributed by atoms with van der Waals surface area (Å²) in [6.45, 7) is 2.30. The minimum Gasteiger partial charge on any atom is -0.392 e. The molecule has 0 saturated carbocycles. The first-order chi connectivity index (χ1) is 11.7. The lowest BCUT2D eigenvalue weighted by molar-refractivity contribution is 0.0938. The van der Waals surface area contributed by atoms with Crippen LogP contribution in [0, 0.1) is 5.92 Å². The number of rotatable bonds is 3. The van der Waals surface area contributed by atoms with Gasteiger partial charge in [0.2, 0.25) is 0 Å². The van der Waals surface area contributed by atoms with Crippen LogP contribution in [0.15, 0.2) is 46.9 Å². The highest BCUT2D eigenvalue weighted by Crippen LogP contribution is 2.33. The summed E-state index contributed by atoms with van der Waals surface area (Å²) >= 11 is 3.58. The maximum atomic E-state index is 9.34. The number of piperidine rings is 1. The number of hydrogen-bond acceptors (Lipinski definition) is 2. The summed E-state index contributed by atoms with van der Waals surface area (Å²) in [7, 11) is 0. The van der Waals surface area contributed by atoms with E-state index < -0.39 is 0 Å². The fraction of sp³-hybridized carbons (Fsp3) is 0.429. The first kappa shape index (κ1) is 16.3. The van der Waals surface area contributed by atoms with Crippen molar-refractivity contribution in [1.82, 2.24) is 4.90 Å². The van der Waals surface area contributed by atoms with Crippen molar-refractivity contribution in [2.24, 2.45) is 5.92 Å². The lowest BCUT2D eigenvalue weighted by atomic mass is 9.80. The van der Waals surface area contributed by atoms with Gasteiger partial charge in [-0.25, -0.2) is 0 Å². The summed E-state index contributed by atoms with van der Waals surface area (Å²) in [6, 6.07) is 16.0. The van der Waals surface area contributed by atoms with E-state index in [1.807, 2.05) is 6.07 Å². The molecule has 1 aliphatic carbocycles. The number of aliphatic hydroxyl groups excluding tert-OH is 1. The Balaban J connectivity index is 1.56. The van der Waals surface area contributed by atoms with Crippen LogP contribution in [0.4, 0.5) is 0 Å². The van der Waals surface area contributed by atoms with Crippen LogP contribution in [0.5, 0.6) is 0 Å². The number of aliphatic hydroxyl groups is 1. The minimum atomic E-state index is 0.0893. The summed E-state index contributed by atoms with van der Waals surface area (Å²) in [5, 5.41) is 9.34. The van der Waals surface area contributed by atoms with E-state index in [0.717, 1.165) is 22.5 Å². The fourth-order valence-corrected chi connectivity index (χ4v) is 4.90. The molecule has 1 N–H and O–H groups in total. The van der Waals surface area contributed by atoms with Gasteiger partial charge in [-0.15, -0.1) is 0 Å². The van der Waals surface area contributed by atoms with Crippen LogP contribution < -0.4 is 0 Å². The average Bonchev–Trinajstić information content (AvgIpc) is 2.56. The quantitative estimate of drug-likeness (QED) is 0.849. The normalized spacial score (nSPS) is 23.6. The Morgan fingerprint density at radius 2 is 1.83 bits per heavy atom. The zero-order chi connectivity index (χ0) is 16.5. The Kier molecular flexibility index (Phi) is 4.75. The monoisotopic (exact) mass is 385 g/mol. The molecule has 3 aliphatic rings. The van der Waals surface area contributed by atoms with Crippen LogP contribution >= 0.6 is 15.9 Å². The first-order valence-electron chi connectivity index (χ1n) is 8.92. The van der Waals surface area contributed by atoms with Crippen LogP contribution in [0.3, 0.4) is 0 Å². The lowest BCUT2D eigenvalue weighted by Gasteiger charge is -2.42. The van der Waals surface area contributed by atoms with Crippen molar-refractivity contribution in [1.29, 1.82) is 0 Å². The summed E-state index contributed by atoms with van der Waals surface area (Å²) in [5.41, 5.74) is 5.41. The van der Waals surface area contributed by atoms with E-state index in [2.05, 4.69) is 57.2 Å². The third-order valence-electron chi connectivity index (χ3n) is 5.67. The van der Waals surface area contributed by atoms with Gasteiger partial charge in [0.05, 0.1) is 6.61 Å². The molecule has 0 radical (unpaired) electrons. The van der Waals surface area contributed by atoms with Gasteiger partial charge in [0.25, 0.3) is 0 Å². The van der Waals surface area contributed by atoms with Crippen molar-refractivity contribution in [2.45, 2.75) is 44.9 Å². The molecule has 5 rings (SSSR count). The molecule has 1 saturated heterocycles. The van der Waals surface area contributed by atoms with Crippen LogP contribution in [0.25, 0.3) is 0 Å². The molecule has 24 heavy (non-hydrogen) atoms. The zero-order valence-corrected chi connectivity index (χ0v) is 15.5. The van der Waals surface area contributed by atoms with E-state index in [1.165, 1.54) is 37.8 Å². The molecule has 2 aromatic carbocycles. The molecule has 2 aliphatic heterocycles. The van der Waals surface area contributed by atoms with Gasteiger partial charge in [-0.2, -0.15) is 0 Å². The van der Waals surface area contributed by atoms with E-state index in [0.29, 0.717) is 6.04 Å². The Bertz CT molecular complexity index is 730. The van der Waals surface area contributed by atoms with Gasteiger partial charge in [-0.3, -0.25) is 4.90 Å². The van der Waals surface area contributed by atoms with Crippen LogP contribution in [-0.4, -0.2) is 22.6 Å². The van der Waals surface area contributed by atoms with E-state index >= 15 is 0 Å². The predicted molar refractivity (Wildman–Crippen MR) is 101 cm³/mol. The third-order valence-corrected chi connectivity index (χ3v) is 6.41. The van der Waals surface area contributed by atoms with Crippen molar-refractivity contribution in [3.63, 3.8) is 0 Å². The maximum Gasteiger partial charge on any atom is 0.0692 e. The number of hydrogen-bond donors (Lipinski definition) is 1. The van der Waals surface area contributed by atoms with Gasteiger partial charge in [0.1, 0.15) is 0 Å². The van der Waals surface area contributed by atoms with Gasteiger partial charge in [-0.1, -0.05) is 52.3 Å². The van der Waals surface area contributed by atoms with Gasteiger partial charge in [0, 0.05) is 23.6 Å². The summed E-state index contributed by atoms with van der Waals surface area (Å²) in [5.74, 6) is 0.780. The Morgan fingerprint density at radius 3 is 2.58 bits per heavy atom. The number of benzene rings is 2. The molecule has 2 atom stereocenters. The van der Waals surface area contributed by atoms with Gasteiger partial charge in [0.15, 0.2) is 0 Å².